The summed E-state index contributed by atoms with van der Waals surface area (Å²) in [7, 11) is 0. The van der Waals surface area contributed by atoms with Crippen molar-refractivity contribution in [1.29, 1.82) is 5.26 Å². The lowest BCUT2D eigenvalue weighted by Gasteiger charge is -2.24. The van der Waals surface area contributed by atoms with Gasteiger partial charge in [-0.25, -0.2) is 9.48 Å². The molecular weight excluding hydrogens is 460 g/mol. The molecule has 1 unspecified atom stereocenters. The zero-order valence-corrected chi connectivity index (χ0v) is 18.5. The van der Waals surface area contributed by atoms with Crippen molar-refractivity contribution in [1.82, 2.24) is 9.78 Å². The maximum Gasteiger partial charge on any atom is 0.338 e. The number of nitrogens with zero attached hydrogens (tertiary/aromatic N) is 3. The minimum Gasteiger partial charge on any atom is -0.462 e. The topological polar surface area (TPSA) is 103 Å². The van der Waals surface area contributed by atoms with Crippen molar-refractivity contribution in [2.45, 2.75) is 20.1 Å². The number of ether oxygens (including phenoxy) is 2. The van der Waals surface area contributed by atoms with Crippen LogP contribution in [0.25, 0.3) is 11.3 Å². The Labute approximate surface area is 187 Å². The van der Waals surface area contributed by atoms with Crippen molar-refractivity contribution in [2.75, 3.05) is 6.61 Å². The Balaban J connectivity index is 1.84. The number of nitriles is 1. The van der Waals surface area contributed by atoms with Gasteiger partial charge in [0.25, 0.3) is 0 Å². The number of benzene rings is 2. The standard InChI is InChI=1S/C23H19BrN4O3/c1-3-30-23(29)15-6-10-17(11-7-15)28-22-19(13(2)27-28)20(18(12-25)21(26)31-22)14-4-8-16(24)9-5-14/h4-11,21H,3,26H2,1-2H3. The number of halogens is 1. The Bertz CT molecular complexity index is 1220. The molecule has 156 valence electrons. The van der Waals surface area contributed by atoms with Crippen LogP contribution in [-0.4, -0.2) is 28.6 Å². The molecule has 0 amide bonds. The molecule has 0 aliphatic carbocycles. The first-order valence-electron chi connectivity index (χ1n) is 9.64. The molecule has 0 saturated carbocycles. The van der Waals surface area contributed by atoms with Crippen LogP contribution in [0.15, 0.2) is 58.6 Å². The second-order valence-corrected chi connectivity index (χ2v) is 7.81. The second-order valence-electron chi connectivity index (χ2n) is 6.89. The summed E-state index contributed by atoms with van der Waals surface area (Å²) in [4.78, 5) is 11.9. The minimum absolute atomic E-state index is 0.310. The number of carbonyl (C=O) groups excluding carboxylic acids is 1. The number of fused-ring (bicyclic) bond motifs is 1. The summed E-state index contributed by atoms with van der Waals surface area (Å²) in [5.41, 5.74) is 10.7. The maximum atomic E-state index is 11.9. The molecule has 7 nitrogen and oxygen atoms in total. The number of carbonyl (C=O) groups is 1. The van der Waals surface area contributed by atoms with Crippen LogP contribution in [-0.2, 0) is 4.74 Å². The third kappa shape index (κ3) is 3.74. The summed E-state index contributed by atoms with van der Waals surface area (Å²) in [5.74, 6) is 0.0657. The Kier molecular flexibility index (Phi) is 5.63. The van der Waals surface area contributed by atoms with Crippen LogP contribution in [0, 0.1) is 18.3 Å². The molecule has 2 heterocycles. The number of nitrogens with two attached hydrogens (primary N) is 1. The lowest BCUT2D eigenvalue weighted by molar-refractivity contribution is 0.0526. The molecule has 31 heavy (non-hydrogen) atoms. The minimum atomic E-state index is -0.926. The van der Waals surface area contributed by atoms with E-state index in [0.717, 1.165) is 15.6 Å². The number of esters is 1. The van der Waals surface area contributed by atoms with E-state index in [9.17, 15) is 10.1 Å². The van der Waals surface area contributed by atoms with Gasteiger partial charge in [-0.3, -0.25) is 5.73 Å². The monoisotopic (exact) mass is 478 g/mol. The molecule has 8 heteroatoms. The highest BCUT2D eigenvalue weighted by Crippen LogP contribution is 2.42. The number of aryl methyl sites for hydroxylation is 1. The van der Waals surface area contributed by atoms with Crippen molar-refractivity contribution >= 4 is 27.5 Å². The number of hydrogen-bond donors (Lipinski definition) is 1. The maximum absolute atomic E-state index is 11.9. The van der Waals surface area contributed by atoms with Crippen LogP contribution >= 0.6 is 15.9 Å². The molecule has 1 aromatic heterocycles. The van der Waals surface area contributed by atoms with Crippen molar-refractivity contribution in [3.8, 4) is 17.6 Å². The van der Waals surface area contributed by atoms with Gasteiger partial charge >= 0.3 is 5.97 Å². The van der Waals surface area contributed by atoms with Gasteiger partial charge in [0.2, 0.25) is 5.88 Å². The largest absolute Gasteiger partial charge is 0.462 e. The Morgan fingerprint density at radius 1 is 1.26 bits per heavy atom. The molecule has 2 aromatic carbocycles. The Hall–Kier alpha value is -3.41. The van der Waals surface area contributed by atoms with Crippen LogP contribution in [0.1, 0.15) is 34.1 Å². The van der Waals surface area contributed by atoms with Crippen LogP contribution in [0.3, 0.4) is 0 Å². The van der Waals surface area contributed by atoms with E-state index in [1.165, 1.54) is 0 Å². The SMILES string of the molecule is CCOC(=O)c1ccc(-n2nc(C)c3c2OC(N)C(C#N)=C3c2ccc(Br)cc2)cc1. The molecule has 0 radical (unpaired) electrons. The first-order chi connectivity index (χ1) is 14.9. The highest BCUT2D eigenvalue weighted by molar-refractivity contribution is 9.10. The van der Waals surface area contributed by atoms with E-state index in [0.29, 0.717) is 40.6 Å². The summed E-state index contributed by atoms with van der Waals surface area (Å²) in [6.07, 6.45) is -0.926. The molecule has 1 aliphatic rings. The summed E-state index contributed by atoms with van der Waals surface area (Å²) in [6.45, 7) is 3.93. The molecule has 0 saturated heterocycles. The lowest BCUT2D eigenvalue weighted by atomic mass is 9.91. The third-order valence-electron chi connectivity index (χ3n) is 4.94. The van der Waals surface area contributed by atoms with Crippen molar-refractivity contribution in [3.63, 3.8) is 0 Å². The molecule has 0 bridgehead atoms. The van der Waals surface area contributed by atoms with Gasteiger partial charge in [-0.05, 0) is 55.8 Å². The van der Waals surface area contributed by atoms with Crippen LogP contribution in [0.5, 0.6) is 5.88 Å². The van der Waals surface area contributed by atoms with E-state index in [4.69, 9.17) is 15.2 Å². The Morgan fingerprint density at radius 2 is 1.94 bits per heavy atom. The van der Waals surface area contributed by atoms with Gasteiger partial charge in [0.15, 0.2) is 6.23 Å². The fraction of sp³-hybridized carbons (Fsp3) is 0.174. The molecule has 1 aliphatic heterocycles. The van der Waals surface area contributed by atoms with Gasteiger partial charge in [-0.2, -0.15) is 10.4 Å². The zero-order valence-electron chi connectivity index (χ0n) is 16.9. The fourth-order valence-electron chi connectivity index (χ4n) is 3.52. The number of aromatic nitrogens is 2. The molecule has 3 aromatic rings. The van der Waals surface area contributed by atoms with Crippen LogP contribution in [0.2, 0.25) is 0 Å². The van der Waals surface area contributed by atoms with E-state index < -0.39 is 6.23 Å². The summed E-state index contributed by atoms with van der Waals surface area (Å²) in [5, 5.41) is 14.4. The normalized spacial score (nSPS) is 15.1. The van der Waals surface area contributed by atoms with Crippen LogP contribution < -0.4 is 10.5 Å². The van der Waals surface area contributed by atoms with Crippen molar-refractivity contribution < 1.29 is 14.3 Å². The lowest BCUT2D eigenvalue weighted by Crippen LogP contribution is -2.33. The van der Waals surface area contributed by atoms with Crippen LogP contribution in [0.4, 0.5) is 0 Å². The van der Waals surface area contributed by atoms with E-state index in [1.54, 1.807) is 35.9 Å². The average molecular weight is 479 g/mol. The smallest absolute Gasteiger partial charge is 0.338 e. The zero-order chi connectivity index (χ0) is 22.1. The quantitative estimate of drug-likeness (QED) is 0.565. The van der Waals surface area contributed by atoms with Gasteiger partial charge in [0.05, 0.1) is 34.7 Å². The number of hydrogen-bond acceptors (Lipinski definition) is 6. The van der Waals surface area contributed by atoms with Gasteiger partial charge in [-0.15, -0.1) is 0 Å². The molecule has 1 atom stereocenters. The van der Waals surface area contributed by atoms with E-state index in [2.05, 4.69) is 27.1 Å². The van der Waals surface area contributed by atoms with E-state index in [1.807, 2.05) is 31.2 Å². The Morgan fingerprint density at radius 3 is 2.55 bits per heavy atom. The van der Waals surface area contributed by atoms with Crippen molar-refractivity contribution in [3.05, 3.63) is 81.0 Å². The van der Waals surface area contributed by atoms with Crippen molar-refractivity contribution in [2.24, 2.45) is 5.73 Å². The first-order valence-corrected chi connectivity index (χ1v) is 10.4. The molecule has 2 N–H and O–H groups in total. The summed E-state index contributed by atoms with van der Waals surface area (Å²) in [6, 6.07) is 16.7. The molecular formula is C23H19BrN4O3. The highest BCUT2D eigenvalue weighted by atomic mass is 79.9. The first kappa shape index (κ1) is 20.8. The van der Waals surface area contributed by atoms with Gasteiger partial charge in [-0.1, -0.05) is 28.1 Å². The highest BCUT2D eigenvalue weighted by Gasteiger charge is 2.33. The predicted molar refractivity (Wildman–Crippen MR) is 119 cm³/mol. The average Bonchev–Trinajstić information content (AvgIpc) is 3.09. The van der Waals surface area contributed by atoms with E-state index in [-0.39, 0.29) is 5.97 Å². The van der Waals surface area contributed by atoms with E-state index >= 15 is 0 Å². The molecule has 4 rings (SSSR count). The predicted octanol–water partition coefficient (Wildman–Crippen LogP) is 4.12. The second kappa shape index (κ2) is 8.38. The summed E-state index contributed by atoms with van der Waals surface area (Å²) < 4.78 is 13.5. The van der Waals surface area contributed by atoms with Gasteiger partial charge < -0.3 is 9.47 Å². The van der Waals surface area contributed by atoms with Gasteiger partial charge in [0.1, 0.15) is 6.07 Å². The third-order valence-corrected chi connectivity index (χ3v) is 5.47. The van der Waals surface area contributed by atoms with Gasteiger partial charge in [0, 0.05) is 10.0 Å². The molecule has 0 spiro atoms. The summed E-state index contributed by atoms with van der Waals surface area (Å²) >= 11 is 3.44. The molecule has 0 fully saturated rings. The fourth-order valence-corrected chi connectivity index (χ4v) is 3.79. The number of rotatable bonds is 4.